The van der Waals surface area contributed by atoms with E-state index in [0.717, 1.165) is 21.1 Å². The lowest BCUT2D eigenvalue weighted by molar-refractivity contribution is 0.0980. The normalized spacial score (nSPS) is 12.8. The maximum Gasteiger partial charge on any atom is 0.196 e. The lowest BCUT2D eigenvalue weighted by atomic mass is 9.83. The zero-order valence-corrected chi connectivity index (χ0v) is 15.3. The number of hydrogen-bond acceptors (Lipinski definition) is 5. The Labute approximate surface area is 159 Å². The van der Waals surface area contributed by atoms with E-state index >= 15 is 0 Å². The molecule has 0 bridgehead atoms. The molecule has 27 heavy (non-hydrogen) atoms. The maximum atomic E-state index is 13.1. The summed E-state index contributed by atoms with van der Waals surface area (Å²) in [5.74, 6) is -0.273. The van der Waals surface area contributed by atoms with E-state index in [9.17, 15) is 9.59 Å². The Morgan fingerprint density at radius 1 is 0.852 bits per heavy atom. The third-order valence-corrected chi connectivity index (χ3v) is 5.72. The summed E-state index contributed by atoms with van der Waals surface area (Å²) in [6.45, 7) is 1.91. The van der Waals surface area contributed by atoms with Crippen LogP contribution in [0.2, 0.25) is 0 Å². The number of aryl methyl sites for hydroxylation is 1. The van der Waals surface area contributed by atoms with E-state index in [2.05, 4.69) is 10.3 Å². The molecular weight excluding hydrogens is 356 g/mol. The van der Waals surface area contributed by atoms with Crippen LogP contribution in [0, 0.1) is 6.92 Å². The molecule has 0 spiro atoms. The number of fused-ring (bicyclic) bond motifs is 4. The smallest absolute Gasteiger partial charge is 0.196 e. The summed E-state index contributed by atoms with van der Waals surface area (Å²) in [6.07, 6.45) is 0. The van der Waals surface area contributed by atoms with Gasteiger partial charge in [-0.3, -0.25) is 9.59 Å². The molecule has 0 fully saturated rings. The van der Waals surface area contributed by atoms with Crippen molar-refractivity contribution in [2.45, 2.75) is 6.92 Å². The number of benzene rings is 3. The zero-order valence-electron chi connectivity index (χ0n) is 14.4. The second-order valence-corrected chi connectivity index (χ2v) is 7.66. The average Bonchev–Trinajstić information content (AvgIpc) is 3.08. The van der Waals surface area contributed by atoms with Gasteiger partial charge in [0.25, 0.3) is 0 Å². The van der Waals surface area contributed by atoms with Crippen LogP contribution in [0.3, 0.4) is 0 Å². The van der Waals surface area contributed by atoms with E-state index in [-0.39, 0.29) is 11.6 Å². The van der Waals surface area contributed by atoms with E-state index in [0.29, 0.717) is 27.8 Å². The number of nitrogens with one attached hydrogen (secondary N) is 1. The summed E-state index contributed by atoms with van der Waals surface area (Å²) >= 11 is 1.52. The minimum atomic E-state index is -0.137. The van der Waals surface area contributed by atoms with Crippen LogP contribution >= 0.6 is 11.3 Å². The van der Waals surface area contributed by atoms with Gasteiger partial charge in [0.2, 0.25) is 0 Å². The van der Waals surface area contributed by atoms with Crippen LogP contribution in [-0.2, 0) is 0 Å². The fourth-order valence-corrected chi connectivity index (χ4v) is 4.42. The van der Waals surface area contributed by atoms with Crippen molar-refractivity contribution in [2.75, 3.05) is 5.32 Å². The molecule has 0 amide bonds. The average molecular weight is 370 g/mol. The first kappa shape index (κ1) is 15.9. The molecule has 1 heterocycles. The van der Waals surface area contributed by atoms with E-state index in [1.54, 1.807) is 30.3 Å². The fourth-order valence-electron chi connectivity index (χ4n) is 3.53. The van der Waals surface area contributed by atoms with E-state index in [1.807, 2.05) is 37.3 Å². The lowest BCUT2D eigenvalue weighted by Crippen LogP contribution is -2.21. The van der Waals surface area contributed by atoms with Crippen molar-refractivity contribution in [3.63, 3.8) is 0 Å². The number of aromatic nitrogens is 1. The number of hydrogen-bond donors (Lipinski definition) is 1. The van der Waals surface area contributed by atoms with Gasteiger partial charge in [0.05, 0.1) is 26.5 Å². The van der Waals surface area contributed by atoms with Gasteiger partial charge in [0.1, 0.15) is 0 Å². The Morgan fingerprint density at radius 2 is 1.52 bits per heavy atom. The molecule has 1 aromatic heterocycles. The van der Waals surface area contributed by atoms with Crippen LogP contribution in [0.25, 0.3) is 10.2 Å². The number of carbonyl (C=O) groups excluding carboxylic acids is 2. The third kappa shape index (κ3) is 2.39. The number of rotatable bonds is 2. The van der Waals surface area contributed by atoms with E-state index in [4.69, 9.17) is 0 Å². The van der Waals surface area contributed by atoms with Crippen molar-refractivity contribution in [1.82, 2.24) is 4.98 Å². The standard InChI is InChI=1S/C22H14N2O2S/c1-12-23-19-18-16(20(25)14-9-5-6-10-15(14)21(18)26)11-17(22(19)27-12)24-13-7-3-2-4-8-13/h2-11,24H,1H3. The molecule has 5 rings (SSSR count). The SMILES string of the molecule is Cc1nc2c3c(cc(Nc4ccccc4)c2s1)C(=O)c1ccccc1C3=O. The van der Waals surface area contributed by atoms with Crippen molar-refractivity contribution in [1.29, 1.82) is 0 Å². The second kappa shape index (κ2) is 5.86. The zero-order chi connectivity index (χ0) is 18.5. The molecule has 130 valence electrons. The minimum absolute atomic E-state index is 0.135. The molecule has 4 nitrogen and oxygen atoms in total. The van der Waals surface area contributed by atoms with Gasteiger partial charge in [-0.2, -0.15) is 0 Å². The topological polar surface area (TPSA) is 59.1 Å². The van der Waals surface area contributed by atoms with E-state index < -0.39 is 0 Å². The van der Waals surface area contributed by atoms with Crippen molar-refractivity contribution < 1.29 is 9.59 Å². The second-order valence-electron chi connectivity index (χ2n) is 6.45. The number of nitrogens with zero attached hydrogens (tertiary/aromatic N) is 1. The van der Waals surface area contributed by atoms with Crippen LogP contribution < -0.4 is 5.32 Å². The Bertz CT molecular complexity index is 1240. The Hall–Kier alpha value is -3.31. The van der Waals surface area contributed by atoms with Crippen molar-refractivity contribution >= 4 is 44.5 Å². The van der Waals surface area contributed by atoms with Crippen molar-refractivity contribution in [3.8, 4) is 0 Å². The molecule has 5 heteroatoms. The van der Waals surface area contributed by atoms with Crippen LogP contribution in [0.15, 0.2) is 60.7 Å². The van der Waals surface area contributed by atoms with Gasteiger partial charge in [-0.25, -0.2) is 4.98 Å². The molecule has 4 aromatic rings. The lowest BCUT2D eigenvalue weighted by Gasteiger charge is -2.19. The highest BCUT2D eigenvalue weighted by molar-refractivity contribution is 7.19. The van der Waals surface area contributed by atoms with Gasteiger partial charge in [-0.05, 0) is 25.1 Å². The van der Waals surface area contributed by atoms with Gasteiger partial charge in [0, 0.05) is 22.4 Å². The predicted octanol–water partition coefficient (Wildman–Crippen LogP) is 5.12. The van der Waals surface area contributed by atoms with Crippen molar-refractivity contribution in [2.24, 2.45) is 0 Å². The molecule has 0 radical (unpaired) electrons. The van der Waals surface area contributed by atoms with Gasteiger partial charge in [-0.15, -0.1) is 11.3 Å². The van der Waals surface area contributed by atoms with Crippen molar-refractivity contribution in [3.05, 3.63) is 87.9 Å². The predicted molar refractivity (Wildman–Crippen MR) is 107 cm³/mol. The third-order valence-electron chi connectivity index (χ3n) is 4.71. The highest BCUT2D eigenvalue weighted by atomic mass is 32.1. The summed E-state index contributed by atoms with van der Waals surface area (Å²) < 4.78 is 0.885. The molecule has 1 N–H and O–H groups in total. The fraction of sp³-hybridized carbons (Fsp3) is 0.0455. The Morgan fingerprint density at radius 3 is 2.26 bits per heavy atom. The highest BCUT2D eigenvalue weighted by Crippen LogP contribution is 2.39. The van der Waals surface area contributed by atoms with Gasteiger partial charge in [0.15, 0.2) is 11.6 Å². The van der Waals surface area contributed by atoms with E-state index in [1.165, 1.54) is 11.3 Å². The van der Waals surface area contributed by atoms with Gasteiger partial charge >= 0.3 is 0 Å². The number of para-hydroxylation sites is 1. The molecular formula is C22H14N2O2S. The molecule has 0 unspecified atom stereocenters. The van der Waals surface area contributed by atoms with Crippen LogP contribution in [0.5, 0.6) is 0 Å². The first-order chi connectivity index (χ1) is 13.1. The highest BCUT2D eigenvalue weighted by Gasteiger charge is 2.33. The summed E-state index contributed by atoms with van der Waals surface area (Å²) in [4.78, 5) is 30.8. The summed E-state index contributed by atoms with van der Waals surface area (Å²) in [5, 5.41) is 4.23. The Kier molecular flexibility index (Phi) is 3.45. The maximum absolute atomic E-state index is 13.1. The summed E-state index contributed by atoms with van der Waals surface area (Å²) in [6, 6.07) is 18.5. The first-order valence-corrected chi connectivity index (χ1v) is 9.40. The first-order valence-electron chi connectivity index (χ1n) is 8.58. The Balaban J connectivity index is 1.78. The largest absolute Gasteiger partial charge is 0.354 e. The van der Waals surface area contributed by atoms with Crippen LogP contribution in [0.1, 0.15) is 36.9 Å². The molecule has 3 aromatic carbocycles. The number of carbonyl (C=O) groups is 2. The minimum Gasteiger partial charge on any atom is -0.354 e. The van der Waals surface area contributed by atoms with Gasteiger partial charge in [-0.1, -0.05) is 42.5 Å². The molecule has 0 saturated heterocycles. The monoisotopic (exact) mass is 370 g/mol. The summed E-state index contributed by atoms with van der Waals surface area (Å²) in [7, 11) is 0. The van der Waals surface area contributed by atoms with Crippen LogP contribution in [-0.4, -0.2) is 16.6 Å². The molecule has 0 saturated carbocycles. The molecule has 0 atom stereocenters. The number of thiazole rings is 1. The molecule has 1 aliphatic rings. The molecule has 1 aliphatic carbocycles. The molecule has 0 aliphatic heterocycles. The van der Waals surface area contributed by atoms with Crippen LogP contribution in [0.4, 0.5) is 11.4 Å². The quantitative estimate of drug-likeness (QED) is 0.468. The summed E-state index contributed by atoms with van der Waals surface area (Å²) in [5.41, 5.74) is 4.03. The van der Waals surface area contributed by atoms with Gasteiger partial charge < -0.3 is 5.32 Å². The number of anilines is 2. The number of ketones is 2.